The predicted molar refractivity (Wildman–Crippen MR) is 117 cm³/mol. The summed E-state index contributed by atoms with van der Waals surface area (Å²) in [5.74, 6) is 1.06. The van der Waals surface area contributed by atoms with E-state index in [0.717, 1.165) is 12.8 Å². The highest BCUT2D eigenvalue weighted by atomic mass is 16.5. The van der Waals surface area contributed by atoms with Crippen LogP contribution < -0.4 is 0 Å². The van der Waals surface area contributed by atoms with Crippen LogP contribution in [0.25, 0.3) is 0 Å². The number of carbonyl (C=O) groups excluding carboxylic acids is 2. The van der Waals surface area contributed by atoms with E-state index in [9.17, 15) is 14.7 Å². The molecule has 4 aliphatic rings. The molecule has 168 valence electrons. The summed E-state index contributed by atoms with van der Waals surface area (Å²) < 4.78 is 5.99. The van der Waals surface area contributed by atoms with Crippen LogP contribution in [0.1, 0.15) is 86.5 Å². The van der Waals surface area contributed by atoms with E-state index < -0.39 is 5.41 Å². The van der Waals surface area contributed by atoms with Gasteiger partial charge in [0.25, 0.3) is 0 Å². The lowest BCUT2D eigenvalue weighted by molar-refractivity contribution is -0.222. The molecule has 4 aliphatic carbocycles. The molecule has 0 spiro atoms. The van der Waals surface area contributed by atoms with E-state index in [0.29, 0.717) is 29.2 Å². The summed E-state index contributed by atoms with van der Waals surface area (Å²) in [6.45, 7) is 13.2. The molecule has 0 bridgehead atoms. The van der Waals surface area contributed by atoms with Crippen molar-refractivity contribution >= 4 is 11.8 Å². The van der Waals surface area contributed by atoms with Crippen LogP contribution in [-0.2, 0) is 14.3 Å². The quantitative estimate of drug-likeness (QED) is 0.637. The third-order valence-electron chi connectivity index (χ3n) is 10.2. The molecule has 4 heteroatoms. The minimum atomic E-state index is -0.406. The molecule has 0 saturated heterocycles. The van der Waals surface area contributed by atoms with E-state index in [4.69, 9.17) is 4.74 Å². The number of carbonyl (C=O) groups is 2. The maximum absolute atomic E-state index is 12.9. The lowest BCUT2D eigenvalue weighted by Gasteiger charge is -2.69. The van der Waals surface area contributed by atoms with Crippen molar-refractivity contribution < 1.29 is 19.4 Å². The number of Topliss-reactive ketones (excluding diaryl/α,β-unsaturated/α-hetero) is 1. The largest absolute Gasteiger partial charge is 0.462 e. The predicted octanol–water partition coefficient (Wildman–Crippen LogP) is 5.08. The zero-order valence-electron chi connectivity index (χ0n) is 19.7. The van der Waals surface area contributed by atoms with E-state index in [1.54, 1.807) is 0 Å². The Hall–Kier alpha value is -1.16. The van der Waals surface area contributed by atoms with Crippen molar-refractivity contribution in [2.75, 3.05) is 6.61 Å². The van der Waals surface area contributed by atoms with Gasteiger partial charge in [-0.3, -0.25) is 9.59 Å². The van der Waals surface area contributed by atoms with Gasteiger partial charge >= 0.3 is 5.97 Å². The van der Waals surface area contributed by atoms with Crippen molar-refractivity contribution in [3.8, 4) is 0 Å². The van der Waals surface area contributed by atoms with Crippen LogP contribution in [0, 0.1) is 39.4 Å². The minimum absolute atomic E-state index is 0.0389. The molecule has 0 aromatic carbocycles. The highest BCUT2D eigenvalue weighted by Crippen LogP contribution is 2.72. The van der Waals surface area contributed by atoms with Crippen LogP contribution in [0.2, 0.25) is 0 Å². The first-order chi connectivity index (χ1) is 13.9. The van der Waals surface area contributed by atoms with Crippen LogP contribution in [0.3, 0.4) is 0 Å². The number of ketones is 1. The Kier molecular flexibility index (Phi) is 5.08. The van der Waals surface area contributed by atoms with Crippen molar-refractivity contribution in [1.82, 2.24) is 0 Å². The Morgan fingerprint density at radius 2 is 1.73 bits per heavy atom. The maximum Gasteiger partial charge on any atom is 0.302 e. The molecule has 3 saturated carbocycles. The second-order valence-electron chi connectivity index (χ2n) is 12.2. The van der Waals surface area contributed by atoms with E-state index >= 15 is 0 Å². The molecular formula is C26H40O4. The van der Waals surface area contributed by atoms with E-state index in [1.807, 2.05) is 6.08 Å². The van der Waals surface area contributed by atoms with Crippen LogP contribution in [-0.4, -0.2) is 29.6 Å². The summed E-state index contributed by atoms with van der Waals surface area (Å²) >= 11 is 0. The molecule has 4 rings (SSSR count). The SMILES string of the molecule is CC(=O)OC1CC2C3(C)CCCC(C)(C)C3CCC2(C)C2CC(=O)C(CO)=CC12C. The molecular weight excluding hydrogens is 376 g/mol. The molecule has 0 amide bonds. The molecule has 0 aromatic heterocycles. The molecule has 0 radical (unpaired) electrons. The normalized spacial score (nSPS) is 47.4. The van der Waals surface area contributed by atoms with Crippen molar-refractivity contribution in [3.05, 3.63) is 11.6 Å². The summed E-state index contributed by atoms with van der Waals surface area (Å²) in [6, 6.07) is 0. The number of rotatable bonds is 2. The number of hydrogen-bond donors (Lipinski definition) is 1. The first-order valence-electron chi connectivity index (χ1n) is 11.9. The molecule has 1 N–H and O–H groups in total. The fraction of sp³-hybridized carbons (Fsp3) is 0.846. The molecule has 7 atom stereocenters. The van der Waals surface area contributed by atoms with Crippen LogP contribution in [0.15, 0.2) is 11.6 Å². The monoisotopic (exact) mass is 416 g/mol. The first-order valence-corrected chi connectivity index (χ1v) is 11.9. The van der Waals surface area contributed by atoms with E-state index in [1.165, 1.54) is 32.6 Å². The second-order valence-corrected chi connectivity index (χ2v) is 12.2. The van der Waals surface area contributed by atoms with Gasteiger partial charge in [0.15, 0.2) is 5.78 Å². The van der Waals surface area contributed by atoms with Crippen LogP contribution in [0.4, 0.5) is 0 Å². The van der Waals surface area contributed by atoms with Crippen molar-refractivity contribution in [2.45, 2.75) is 92.6 Å². The van der Waals surface area contributed by atoms with Crippen LogP contribution >= 0.6 is 0 Å². The smallest absolute Gasteiger partial charge is 0.302 e. The number of ether oxygens (including phenoxy) is 1. The van der Waals surface area contributed by atoms with Gasteiger partial charge in [0.05, 0.1) is 6.61 Å². The average Bonchev–Trinajstić information content (AvgIpc) is 2.63. The highest BCUT2D eigenvalue weighted by Gasteiger charge is 2.67. The summed E-state index contributed by atoms with van der Waals surface area (Å²) in [6.07, 6.45) is 9.14. The fourth-order valence-corrected chi connectivity index (χ4v) is 8.97. The molecule has 0 aliphatic heterocycles. The van der Waals surface area contributed by atoms with Gasteiger partial charge in [-0.25, -0.2) is 0 Å². The van der Waals surface area contributed by atoms with Crippen molar-refractivity contribution in [2.24, 2.45) is 39.4 Å². The van der Waals surface area contributed by atoms with Gasteiger partial charge in [0.1, 0.15) is 6.10 Å². The second kappa shape index (κ2) is 6.92. The lowest BCUT2D eigenvalue weighted by Crippen LogP contribution is -2.65. The Morgan fingerprint density at radius 3 is 2.37 bits per heavy atom. The van der Waals surface area contributed by atoms with Crippen molar-refractivity contribution in [3.63, 3.8) is 0 Å². The molecule has 7 unspecified atom stereocenters. The minimum Gasteiger partial charge on any atom is -0.462 e. The van der Waals surface area contributed by atoms with Crippen LogP contribution in [0.5, 0.6) is 0 Å². The maximum atomic E-state index is 12.9. The lowest BCUT2D eigenvalue weighted by atomic mass is 9.36. The molecule has 0 heterocycles. The third kappa shape index (κ3) is 2.96. The zero-order valence-corrected chi connectivity index (χ0v) is 19.7. The topological polar surface area (TPSA) is 63.6 Å². The number of aliphatic hydroxyl groups excluding tert-OH is 1. The van der Waals surface area contributed by atoms with Gasteiger partial charge < -0.3 is 9.84 Å². The fourth-order valence-electron chi connectivity index (χ4n) is 8.97. The van der Waals surface area contributed by atoms with Gasteiger partial charge in [-0.1, -0.05) is 47.1 Å². The number of esters is 1. The Bertz CT molecular complexity index is 782. The Balaban J connectivity index is 1.83. The zero-order chi connectivity index (χ0) is 22.1. The van der Waals surface area contributed by atoms with Crippen molar-refractivity contribution in [1.29, 1.82) is 0 Å². The van der Waals surface area contributed by atoms with Gasteiger partial charge in [0, 0.05) is 24.3 Å². The van der Waals surface area contributed by atoms with Gasteiger partial charge in [0.2, 0.25) is 0 Å². The average molecular weight is 417 g/mol. The molecule has 0 aromatic rings. The summed E-state index contributed by atoms with van der Waals surface area (Å²) in [7, 11) is 0. The van der Waals surface area contributed by atoms with E-state index in [-0.39, 0.29) is 41.2 Å². The number of fused-ring (bicyclic) bond motifs is 5. The standard InChI is InChI=1S/C26H40O4/c1-16(28)30-22-13-21-24(4)10-7-9-23(2,3)19(24)8-11-25(21,5)20-12-18(29)17(15-27)14-26(20,22)6/h14,19-22,27H,7-13,15H2,1-6H3. The Morgan fingerprint density at radius 1 is 1.07 bits per heavy atom. The summed E-state index contributed by atoms with van der Waals surface area (Å²) in [5, 5.41) is 9.79. The van der Waals surface area contributed by atoms with Gasteiger partial charge in [-0.15, -0.1) is 0 Å². The number of aliphatic hydroxyl groups is 1. The summed E-state index contributed by atoms with van der Waals surface area (Å²) in [5.41, 5.74) is 0.663. The van der Waals surface area contributed by atoms with Gasteiger partial charge in [-0.05, 0) is 66.1 Å². The van der Waals surface area contributed by atoms with Gasteiger partial charge in [-0.2, -0.15) is 0 Å². The molecule has 3 fully saturated rings. The number of hydrogen-bond acceptors (Lipinski definition) is 4. The summed E-state index contributed by atoms with van der Waals surface area (Å²) in [4.78, 5) is 25.0. The first kappa shape index (κ1) is 22.0. The highest BCUT2D eigenvalue weighted by molar-refractivity contribution is 5.97. The Labute approximate surface area is 181 Å². The molecule has 30 heavy (non-hydrogen) atoms. The third-order valence-corrected chi connectivity index (χ3v) is 10.2. The van der Waals surface area contributed by atoms with E-state index in [2.05, 4.69) is 34.6 Å². The molecule has 4 nitrogen and oxygen atoms in total.